The molecule has 222 valence electrons. The molecular formula is C22H24N10O10. The highest BCUT2D eigenvalue weighted by molar-refractivity contribution is 5.77. The van der Waals surface area contributed by atoms with Crippen LogP contribution >= 0.6 is 0 Å². The smallest absolute Gasteiger partial charge is 0.330 e. The normalized spacial score (nSPS) is 24.8. The molecule has 0 amide bonds. The number of aromatic amines is 2. The lowest BCUT2D eigenvalue weighted by atomic mass is 10.2. The number of nitrogens with zero attached hydrogens (tertiary/aromatic N) is 8. The Morgan fingerprint density at radius 1 is 0.833 bits per heavy atom. The highest BCUT2D eigenvalue weighted by Crippen LogP contribution is 2.32. The van der Waals surface area contributed by atoms with Crippen molar-refractivity contribution in [3.8, 4) is 0 Å². The molecule has 0 bridgehead atoms. The van der Waals surface area contributed by atoms with Gasteiger partial charge in [-0.15, -0.1) is 0 Å². The first kappa shape index (κ1) is 29.8. The molecule has 4 heterocycles. The summed E-state index contributed by atoms with van der Waals surface area (Å²) in [5.41, 5.74) is 15.5. The second-order valence-electron chi connectivity index (χ2n) is 9.37. The maximum absolute atomic E-state index is 12.5. The van der Waals surface area contributed by atoms with Crippen LogP contribution < -0.4 is 22.5 Å². The minimum atomic E-state index is -1.39. The molecule has 0 saturated carbocycles. The zero-order chi connectivity index (χ0) is 30.6. The number of aromatic nitrogens is 4. The fourth-order valence-electron chi connectivity index (χ4n) is 4.33. The van der Waals surface area contributed by atoms with Gasteiger partial charge >= 0.3 is 23.3 Å². The van der Waals surface area contributed by atoms with E-state index in [4.69, 9.17) is 30.0 Å². The molecule has 2 saturated heterocycles. The Morgan fingerprint density at radius 3 is 1.57 bits per heavy atom. The van der Waals surface area contributed by atoms with Gasteiger partial charge in [0.05, 0.1) is 12.8 Å². The van der Waals surface area contributed by atoms with Crippen molar-refractivity contribution in [2.24, 2.45) is 10.2 Å². The Morgan fingerprint density at radius 2 is 1.21 bits per heavy atom. The number of carbonyl (C=O) groups excluding carboxylic acids is 2. The Kier molecular flexibility index (Phi) is 8.92. The summed E-state index contributed by atoms with van der Waals surface area (Å²) in [6, 6.07) is -2.02. The lowest BCUT2D eigenvalue weighted by Gasteiger charge is -2.18. The van der Waals surface area contributed by atoms with E-state index in [0.717, 1.165) is 9.13 Å². The summed E-state index contributed by atoms with van der Waals surface area (Å²) in [5, 5.41) is 7.08. The lowest BCUT2D eigenvalue weighted by Crippen LogP contribution is -2.33. The van der Waals surface area contributed by atoms with Crippen LogP contribution in [0.1, 0.15) is 49.3 Å². The molecule has 0 spiro atoms. The van der Waals surface area contributed by atoms with Gasteiger partial charge in [0.2, 0.25) is 12.6 Å². The zero-order valence-corrected chi connectivity index (χ0v) is 22.1. The first-order valence-corrected chi connectivity index (χ1v) is 12.4. The van der Waals surface area contributed by atoms with Crippen LogP contribution in [0.2, 0.25) is 0 Å². The van der Waals surface area contributed by atoms with E-state index < -0.39 is 84.4 Å². The number of hydrogen-bond donors (Lipinski definition) is 2. The predicted molar refractivity (Wildman–Crippen MR) is 136 cm³/mol. The summed E-state index contributed by atoms with van der Waals surface area (Å²) >= 11 is 0. The molecule has 0 radical (unpaired) electrons. The monoisotopic (exact) mass is 588 g/mol. The third kappa shape index (κ3) is 6.58. The number of hydrogen-bond acceptors (Lipinski definition) is 12. The summed E-state index contributed by atoms with van der Waals surface area (Å²) < 4.78 is 23.8. The van der Waals surface area contributed by atoms with Crippen molar-refractivity contribution < 1.29 is 28.5 Å². The molecule has 2 aromatic rings. The molecule has 2 aliphatic rings. The van der Waals surface area contributed by atoms with Gasteiger partial charge in [-0.2, -0.15) is 0 Å². The molecule has 2 aromatic heterocycles. The van der Waals surface area contributed by atoms with Crippen molar-refractivity contribution in [2.75, 3.05) is 0 Å². The van der Waals surface area contributed by atoms with Gasteiger partial charge in [0.15, 0.2) is 0 Å². The highest BCUT2D eigenvalue weighted by atomic mass is 16.7. The molecule has 20 nitrogen and oxygen atoms in total. The number of aryl methyl sites for hydroxylation is 2. The average Bonchev–Trinajstić information content (AvgIpc) is 3.51. The van der Waals surface area contributed by atoms with Crippen LogP contribution in [-0.2, 0) is 28.5 Å². The van der Waals surface area contributed by atoms with Crippen molar-refractivity contribution in [3.63, 3.8) is 0 Å². The van der Waals surface area contributed by atoms with Gasteiger partial charge in [0.1, 0.15) is 24.5 Å². The Hall–Kier alpha value is -5.16. The van der Waals surface area contributed by atoms with Crippen molar-refractivity contribution in [2.45, 2.75) is 76.7 Å². The summed E-state index contributed by atoms with van der Waals surface area (Å²) in [4.78, 5) is 82.3. The van der Waals surface area contributed by atoms with Crippen LogP contribution in [0.25, 0.3) is 20.9 Å². The minimum Gasteiger partial charge on any atom is -0.435 e. The fourth-order valence-corrected chi connectivity index (χ4v) is 4.33. The first-order valence-electron chi connectivity index (χ1n) is 12.4. The molecule has 2 fully saturated rings. The number of carbonyl (C=O) groups is 2. The van der Waals surface area contributed by atoms with Gasteiger partial charge < -0.3 is 18.9 Å². The summed E-state index contributed by atoms with van der Waals surface area (Å²) in [5.74, 6) is -1.85. The molecule has 4 rings (SSSR count). The minimum absolute atomic E-state index is 0.0473. The standard InChI is InChI=1S/C22H24N10O10/c1-9-7-31(21(37)25-17(9)35)13-5-11(27-29-23)19(39-13)41-15(33)3-4-16(34)42-20-12(28-30-24)6-14(40-20)32-8-10(2)18(36)26-22(32)38/h7-8,11-14,19-20H,3-6H2,1-2H3,(H,25,35,37)(H,26,36,38). The van der Waals surface area contributed by atoms with Crippen LogP contribution in [0.4, 0.5) is 0 Å². The second-order valence-corrected chi connectivity index (χ2v) is 9.37. The van der Waals surface area contributed by atoms with E-state index in [9.17, 15) is 28.8 Å². The van der Waals surface area contributed by atoms with Crippen molar-refractivity contribution in [3.05, 3.63) is 86.1 Å². The fraction of sp³-hybridized carbons (Fsp3) is 0.545. The van der Waals surface area contributed by atoms with Gasteiger partial charge in [0.25, 0.3) is 11.1 Å². The molecular weight excluding hydrogens is 564 g/mol. The van der Waals surface area contributed by atoms with Crippen LogP contribution in [0, 0.1) is 13.8 Å². The topological polar surface area (TPSA) is 278 Å². The van der Waals surface area contributed by atoms with Crippen molar-refractivity contribution in [1.82, 2.24) is 19.1 Å². The number of rotatable bonds is 9. The third-order valence-corrected chi connectivity index (χ3v) is 6.44. The molecule has 2 N–H and O–H groups in total. The highest BCUT2D eigenvalue weighted by Gasteiger charge is 2.40. The number of esters is 2. The van der Waals surface area contributed by atoms with E-state index in [2.05, 4.69) is 30.0 Å². The van der Waals surface area contributed by atoms with E-state index in [-0.39, 0.29) is 24.0 Å². The Balaban J connectivity index is 1.35. The SMILES string of the molecule is Cc1cn(C2CC(N=[N+]=[N-])C(OC(=O)CCC(=O)OC3OC(n4cc(C)c(=O)[nH]c4=O)CC3N=[N+]=[N-])O2)c(=O)[nH]c1=O. The quantitative estimate of drug-likeness (QED) is 0.176. The Bertz CT molecular complexity index is 1590. The van der Waals surface area contributed by atoms with Gasteiger partial charge in [-0.05, 0) is 24.9 Å². The summed E-state index contributed by atoms with van der Waals surface area (Å²) in [6.45, 7) is 2.95. The van der Waals surface area contributed by atoms with Crippen molar-refractivity contribution >= 4 is 11.9 Å². The van der Waals surface area contributed by atoms with E-state index in [0.29, 0.717) is 0 Å². The average molecular weight is 588 g/mol. The number of azide groups is 2. The van der Waals surface area contributed by atoms with Crippen LogP contribution in [0.5, 0.6) is 0 Å². The van der Waals surface area contributed by atoms with E-state index in [1.165, 1.54) is 26.2 Å². The number of H-pyrrole nitrogens is 2. The molecule has 42 heavy (non-hydrogen) atoms. The van der Waals surface area contributed by atoms with Crippen LogP contribution in [0.15, 0.2) is 41.8 Å². The van der Waals surface area contributed by atoms with Crippen molar-refractivity contribution in [1.29, 1.82) is 0 Å². The third-order valence-electron chi connectivity index (χ3n) is 6.44. The lowest BCUT2D eigenvalue weighted by molar-refractivity contribution is -0.189. The molecule has 2 aliphatic heterocycles. The van der Waals surface area contributed by atoms with E-state index in [1.807, 2.05) is 0 Å². The second kappa shape index (κ2) is 12.6. The maximum Gasteiger partial charge on any atom is 0.330 e. The molecule has 0 aromatic carbocycles. The number of ether oxygens (including phenoxy) is 4. The maximum atomic E-state index is 12.5. The van der Waals surface area contributed by atoms with Crippen LogP contribution in [-0.4, -0.2) is 55.7 Å². The Labute approximate surface area is 233 Å². The summed E-state index contributed by atoms with van der Waals surface area (Å²) in [6.07, 6.45) is -3.38. The van der Waals surface area contributed by atoms with E-state index >= 15 is 0 Å². The van der Waals surface area contributed by atoms with Gasteiger partial charge in [-0.25, -0.2) is 9.59 Å². The summed E-state index contributed by atoms with van der Waals surface area (Å²) in [7, 11) is 0. The number of nitrogens with one attached hydrogen (secondary N) is 2. The molecule has 6 atom stereocenters. The molecule has 0 aliphatic carbocycles. The zero-order valence-electron chi connectivity index (χ0n) is 22.1. The van der Waals surface area contributed by atoms with Gasteiger partial charge in [-0.3, -0.25) is 38.3 Å². The van der Waals surface area contributed by atoms with Crippen LogP contribution in [0.3, 0.4) is 0 Å². The first-order chi connectivity index (χ1) is 20.0. The molecule has 6 unspecified atom stereocenters. The van der Waals surface area contributed by atoms with E-state index in [1.54, 1.807) is 0 Å². The van der Waals surface area contributed by atoms with Gasteiger partial charge in [-0.1, -0.05) is 10.2 Å². The largest absolute Gasteiger partial charge is 0.435 e. The predicted octanol–water partition coefficient (Wildman–Crippen LogP) is 0.418. The molecule has 20 heteroatoms. The van der Waals surface area contributed by atoms with Gasteiger partial charge in [0, 0.05) is 46.2 Å².